The topological polar surface area (TPSA) is 34.4 Å². The van der Waals surface area contributed by atoms with E-state index in [-0.39, 0.29) is 5.91 Å². The third-order valence-corrected chi connectivity index (χ3v) is 5.57. The van der Waals surface area contributed by atoms with E-state index in [1.807, 2.05) is 42.8 Å². The lowest BCUT2D eigenvalue weighted by Gasteiger charge is -2.05. The quantitative estimate of drug-likeness (QED) is 0.637. The van der Waals surface area contributed by atoms with Crippen molar-refractivity contribution in [2.75, 3.05) is 0 Å². The summed E-state index contributed by atoms with van der Waals surface area (Å²) < 4.78 is 3.01. The van der Waals surface area contributed by atoms with E-state index in [1.165, 1.54) is 16.9 Å². The first-order valence-electron chi connectivity index (χ1n) is 8.27. The van der Waals surface area contributed by atoms with E-state index in [0.29, 0.717) is 22.2 Å². The Balaban J connectivity index is 1.90. The van der Waals surface area contributed by atoms with Gasteiger partial charge >= 0.3 is 0 Å². The van der Waals surface area contributed by atoms with Crippen molar-refractivity contribution in [3.05, 3.63) is 62.9 Å². The maximum absolute atomic E-state index is 12.4. The molecule has 2 aromatic carbocycles. The molecule has 0 N–H and O–H groups in total. The number of amides is 1. The summed E-state index contributed by atoms with van der Waals surface area (Å²) in [4.78, 5) is 17.4. The zero-order valence-electron chi connectivity index (χ0n) is 14.8. The monoisotopic (exact) mass is 372 g/mol. The maximum atomic E-state index is 12.4. The van der Waals surface area contributed by atoms with Gasteiger partial charge in [-0.2, -0.15) is 4.99 Å². The van der Waals surface area contributed by atoms with Crippen LogP contribution in [0.5, 0.6) is 0 Å². The fourth-order valence-electron chi connectivity index (χ4n) is 2.91. The van der Waals surface area contributed by atoms with Crippen molar-refractivity contribution in [1.82, 2.24) is 4.57 Å². The Hall–Kier alpha value is -1.91. The second-order valence-corrected chi connectivity index (χ2v) is 8.04. The Morgan fingerprint density at radius 3 is 2.56 bits per heavy atom. The summed E-state index contributed by atoms with van der Waals surface area (Å²) >= 11 is 7.62. The molecule has 1 amide bonds. The van der Waals surface area contributed by atoms with E-state index in [4.69, 9.17) is 11.6 Å². The first-order valence-corrected chi connectivity index (χ1v) is 9.46. The number of nitrogens with zero attached hydrogens (tertiary/aromatic N) is 2. The predicted molar refractivity (Wildman–Crippen MR) is 105 cm³/mol. The lowest BCUT2D eigenvalue weighted by Crippen LogP contribution is -2.14. The molecule has 130 valence electrons. The van der Waals surface area contributed by atoms with E-state index >= 15 is 0 Å². The van der Waals surface area contributed by atoms with Crippen LogP contribution in [0.4, 0.5) is 0 Å². The molecule has 3 nitrogen and oxygen atoms in total. The van der Waals surface area contributed by atoms with Gasteiger partial charge in [0.15, 0.2) is 4.80 Å². The summed E-state index contributed by atoms with van der Waals surface area (Å²) in [5.41, 5.74) is 4.42. The van der Waals surface area contributed by atoms with Gasteiger partial charge < -0.3 is 4.57 Å². The maximum Gasteiger partial charge on any atom is 0.252 e. The van der Waals surface area contributed by atoms with Crippen LogP contribution in [-0.2, 0) is 18.3 Å². The molecule has 1 heterocycles. The Morgan fingerprint density at radius 1 is 1.24 bits per heavy atom. The van der Waals surface area contributed by atoms with E-state index in [2.05, 4.69) is 31.0 Å². The van der Waals surface area contributed by atoms with Crippen molar-refractivity contribution < 1.29 is 4.79 Å². The third-order valence-electron chi connectivity index (χ3n) is 4.28. The summed E-state index contributed by atoms with van der Waals surface area (Å²) in [5.74, 6) is 0.352. The van der Waals surface area contributed by atoms with Crippen molar-refractivity contribution in [2.45, 2.75) is 33.1 Å². The van der Waals surface area contributed by atoms with Crippen molar-refractivity contribution in [3.63, 3.8) is 0 Å². The van der Waals surface area contributed by atoms with Crippen LogP contribution in [0.2, 0.25) is 5.02 Å². The number of rotatable bonds is 3. The molecule has 0 aliphatic carbocycles. The van der Waals surface area contributed by atoms with Crippen molar-refractivity contribution in [3.8, 4) is 0 Å². The van der Waals surface area contributed by atoms with E-state index in [0.717, 1.165) is 21.3 Å². The van der Waals surface area contributed by atoms with Crippen LogP contribution in [0.25, 0.3) is 10.2 Å². The number of aromatic nitrogens is 1. The van der Waals surface area contributed by atoms with Gasteiger partial charge in [-0.15, -0.1) is 0 Å². The van der Waals surface area contributed by atoms with Gasteiger partial charge in [-0.25, -0.2) is 0 Å². The molecule has 25 heavy (non-hydrogen) atoms. The van der Waals surface area contributed by atoms with Gasteiger partial charge in [0.05, 0.1) is 16.6 Å². The minimum absolute atomic E-state index is 0.136. The molecule has 5 heteroatoms. The SMILES string of the molecule is Cc1cc(Cl)cc2sc(=NC(=O)Cc3ccc(C(C)C)cc3)n(C)c12. The molecule has 0 bridgehead atoms. The molecule has 0 atom stereocenters. The lowest BCUT2D eigenvalue weighted by molar-refractivity contribution is -0.117. The number of hydrogen-bond acceptors (Lipinski definition) is 2. The number of carbonyl (C=O) groups excluding carboxylic acids is 1. The third kappa shape index (κ3) is 3.86. The zero-order chi connectivity index (χ0) is 18.1. The summed E-state index contributed by atoms with van der Waals surface area (Å²) in [6.45, 7) is 6.33. The fraction of sp³-hybridized carbons (Fsp3) is 0.300. The highest BCUT2D eigenvalue weighted by Gasteiger charge is 2.09. The molecule has 0 saturated carbocycles. The first kappa shape index (κ1) is 17.9. The number of aryl methyl sites for hydroxylation is 2. The summed E-state index contributed by atoms with van der Waals surface area (Å²) in [7, 11) is 1.93. The van der Waals surface area contributed by atoms with Crippen LogP contribution in [0, 0.1) is 6.92 Å². The van der Waals surface area contributed by atoms with Gasteiger partial charge in [-0.05, 0) is 41.7 Å². The molecule has 3 rings (SSSR count). The van der Waals surface area contributed by atoms with E-state index in [9.17, 15) is 4.79 Å². The highest BCUT2D eigenvalue weighted by Crippen LogP contribution is 2.25. The Labute approximate surface area is 156 Å². The van der Waals surface area contributed by atoms with Gasteiger partial charge in [0, 0.05) is 12.1 Å². The largest absolute Gasteiger partial charge is 0.319 e. The molecule has 0 spiro atoms. The minimum Gasteiger partial charge on any atom is -0.319 e. The molecule has 0 fully saturated rings. The zero-order valence-corrected chi connectivity index (χ0v) is 16.4. The van der Waals surface area contributed by atoms with E-state index in [1.54, 1.807) is 0 Å². The van der Waals surface area contributed by atoms with Crippen LogP contribution >= 0.6 is 22.9 Å². The number of halogens is 1. The average molecular weight is 373 g/mol. The summed E-state index contributed by atoms with van der Waals surface area (Å²) in [6.07, 6.45) is 0.312. The van der Waals surface area contributed by atoms with Gasteiger partial charge in [0.1, 0.15) is 0 Å². The number of benzene rings is 2. The van der Waals surface area contributed by atoms with Gasteiger partial charge in [0.25, 0.3) is 5.91 Å². The first-order chi connectivity index (χ1) is 11.8. The number of hydrogen-bond donors (Lipinski definition) is 0. The van der Waals surface area contributed by atoms with Crippen molar-refractivity contribution >= 4 is 39.1 Å². The Bertz CT molecular complexity index is 997. The van der Waals surface area contributed by atoms with Crippen LogP contribution < -0.4 is 4.80 Å². The molecule has 0 saturated heterocycles. The van der Waals surface area contributed by atoms with Gasteiger partial charge in [-0.1, -0.05) is 61.1 Å². The molecule has 1 aromatic heterocycles. The molecular weight excluding hydrogens is 352 g/mol. The normalized spacial score (nSPS) is 12.3. The molecule has 0 aliphatic rings. The molecular formula is C20H21ClN2OS. The van der Waals surface area contributed by atoms with Gasteiger partial charge in [0.2, 0.25) is 0 Å². The van der Waals surface area contributed by atoms with Crippen LogP contribution in [-0.4, -0.2) is 10.5 Å². The molecule has 0 radical (unpaired) electrons. The average Bonchev–Trinajstić information content (AvgIpc) is 2.83. The van der Waals surface area contributed by atoms with Crippen molar-refractivity contribution in [1.29, 1.82) is 0 Å². The molecule has 0 unspecified atom stereocenters. The van der Waals surface area contributed by atoms with Crippen molar-refractivity contribution in [2.24, 2.45) is 12.0 Å². The highest BCUT2D eigenvalue weighted by atomic mass is 35.5. The predicted octanol–water partition coefficient (Wildman–Crippen LogP) is 5.00. The fourth-order valence-corrected chi connectivity index (χ4v) is 4.40. The van der Waals surface area contributed by atoms with E-state index < -0.39 is 0 Å². The highest BCUT2D eigenvalue weighted by molar-refractivity contribution is 7.16. The minimum atomic E-state index is -0.136. The standard InChI is InChI=1S/C20H21ClN2OS/c1-12(2)15-7-5-14(6-8-15)10-18(24)22-20-23(4)19-13(3)9-16(21)11-17(19)25-20/h5-9,11-12H,10H2,1-4H3. The van der Waals surface area contributed by atoms with Gasteiger partial charge in [-0.3, -0.25) is 4.79 Å². The van der Waals surface area contributed by atoms with Crippen LogP contribution in [0.15, 0.2) is 41.4 Å². The Kier molecular flexibility index (Phi) is 5.11. The molecule has 3 aromatic rings. The number of thiazole rings is 1. The second-order valence-electron chi connectivity index (χ2n) is 6.59. The summed E-state index contributed by atoms with van der Waals surface area (Å²) in [5, 5.41) is 0.704. The molecule has 0 aliphatic heterocycles. The number of fused-ring (bicyclic) bond motifs is 1. The smallest absolute Gasteiger partial charge is 0.252 e. The summed E-state index contributed by atoms with van der Waals surface area (Å²) in [6, 6.07) is 12.0. The lowest BCUT2D eigenvalue weighted by atomic mass is 10.0. The van der Waals surface area contributed by atoms with Crippen LogP contribution in [0.1, 0.15) is 36.5 Å². The Morgan fingerprint density at radius 2 is 1.92 bits per heavy atom. The van der Waals surface area contributed by atoms with Crippen LogP contribution in [0.3, 0.4) is 0 Å². The second kappa shape index (κ2) is 7.14. The number of carbonyl (C=O) groups is 1.